The monoisotopic (exact) mass is 245 g/mol. The van der Waals surface area contributed by atoms with Crippen LogP contribution in [0.3, 0.4) is 0 Å². The molecule has 0 aromatic rings. The van der Waals surface area contributed by atoms with Gasteiger partial charge in [-0.05, 0) is 0 Å². The number of rotatable bonds is 6. The summed E-state index contributed by atoms with van der Waals surface area (Å²) in [5.74, 6) is 0. The third-order valence-corrected chi connectivity index (χ3v) is 11.6. The molecular formula is C11H27NOSi2. The zero-order valence-corrected chi connectivity index (χ0v) is 13.1. The molecule has 0 aromatic carbocycles. The van der Waals surface area contributed by atoms with Crippen molar-refractivity contribution in [1.29, 1.82) is 5.41 Å². The van der Waals surface area contributed by atoms with Crippen LogP contribution in [0, 0.1) is 5.41 Å². The minimum atomic E-state index is -1.63. The van der Waals surface area contributed by atoms with E-state index in [-0.39, 0.29) is 0 Å². The Kier molecular flexibility index (Phi) is 5.43. The van der Waals surface area contributed by atoms with Crippen molar-refractivity contribution in [2.45, 2.75) is 64.3 Å². The molecule has 0 heterocycles. The van der Waals surface area contributed by atoms with Crippen molar-refractivity contribution >= 4 is 21.5 Å². The van der Waals surface area contributed by atoms with Crippen LogP contribution in [0.1, 0.15) is 20.8 Å². The standard InChI is InChI=1S/C11H27NOSi2/c1-7-15(8-2,9-3)11(13)10(12)14(4,5)6/h11-13H,7-9H2,1-6H3. The average Bonchev–Trinajstić information content (AvgIpc) is 2.18. The van der Waals surface area contributed by atoms with E-state index >= 15 is 0 Å². The van der Waals surface area contributed by atoms with Crippen LogP contribution in [0.15, 0.2) is 0 Å². The Morgan fingerprint density at radius 3 is 1.60 bits per heavy atom. The first-order valence-corrected chi connectivity index (χ1v) is 12.2. The largest absolute Gasteiger partial charge is 0.391 e. The predicted octanol–water partition coefficient (Wildman–Crippen LogP) is 3.29. The fourth-order valence-electron chi connectivity index (χ4n) is 2.05. The van der Waals surface area contributed by atoms with Crippen molar-refractivity contribution in [3.63, 3.8) is 0 Å². The molecule has 0 saturated heterocycles. The van der Waals surface area contributed by atoms with Gasteiger partial charge in [0, 0.05) is 5.33 Å². The Balaban J connectivity index is 4.95. The number of nitrogens with one attached hydrogen (secondary N) is 1. The fourth-order valence-corrected chi connectivity index (χ4v) is 8.36. The van der Waals surface area contributed by atoms with Crippen LogP contribution < -0.4 is 0 Å². The van der Waals surface area contributed by atoms with Crippen LogP contribution in [0.2, 0.25) is 37.8 Å². The maximum atomic E-state index is 10.4. The van der Waals surface area contributed by atoms with Gasteiger partial charge >= 0.3 is 0 Å². The maximum Gasteiger partial charge on any atom is 0.0980 e. The molecule has 0 spiro atoms. The molecule has 0 fully saturated rings. The summed E-state index contributed by atoms with van der Waals surface area (Å²) in [5.41, 5.74) is -0.399. The molecule has 0 aliphatic heterocycles. The van der Waals surface area contributed by atoms with Crippen LogP contribution in [-0.2, 0) is 0 Å². The number of aliphatic hydroxyl groups excluding tert-OH is 1. The lowest BCUT2D eigenvalue weighted by atomic mass is 10.8. The average molecular weight is 246 g/mol. The van der Waals surface area contributed by atoms with Crippen molar-refractivity contribution in [3.8, 4) is 0 Å². The van der Waals surface area contributed by atoms with E-state index in [0.29, 0.717) is 5.33 Å². The molecule has 0 saturated carbocycles. The molecule has 0 amide bonds. The third-order valence-electron chi connectivity index (χ3n) is 3.77. The van der Waals surface area contributed by atoms with Gasteiger partial charge in [-0.1, -0.05) is 58.5 Å². The molecule has 2 nitrogen and oxygen atoms in total. The highest BCUT2D eigenvalue weighted by atomic mass is 28.3. The highest BCUT2D eigenvalue weighted by molar-refractivity contribution is 7.08. The van der Waals surface area contributed by atoms with Gasteiger partial charge in [0.2, 0.25) is 0 Å². The van der Waals surface area contributed by atoms with Crippen molar-refractivity contribution in [1.82, 2.24) is 0 Å². The second-order valence-electron chi connectivity index (χ2n) is 5.49. The van der Waals surface area contributed by atoms with Crippen molar-refractivity contribution < 1.29 is 5.11 Å². The quantitative estimate of drug-likeness (QED) is 0.547. The first kappa shape index (κ1) is 15.1. The highest BCUT2D eigenvalue weighted by Crippen LogP contribution is 2.27. The Labute approximate surface area is 96.6 Å². The third kappa shape index (κ3) is 3.26. The molecule has 0 radical (unpaired) electrons. The fraction of sp³-hybridized carbons (Fsp3) is 0.909. The minimum absolute atomic E-state index is 0.399. The predicted molar refractivity (Wildman–Crippen MR) is 74.3 cm³/mol. The van der Waals surface area contributed by atoms with Crippen LogP contribution in [0.5, 0.6) is 0 Å². The molecule has 1 unspecified atom stereocenters. The van der Waals surface area contributed by atoms with E-state index < -0.39 is 21.9 Å². The van der Waals surface area contributed by atoms with E-state index in [9.17, 15) is 5.11 Å². The van der Waals surface area contributed by atoms with E-state index in [1.54, 1.807) is 0 Å². The van der Waals surface area contributed by atoms with Crippen LogP contribution in [0.25, 0.3) is 0 Å². The smallest absolute Gasteiger partial charge is 0.0980 e. The summed E-state index contributed by atoms with van der Waals surface area (Å²) >= 11 is 0. The summed E-state index contributed by atoms with van der Waals surface area (Å²) in [6.07, 6.45) is 0. The van der Waals surface area contributed by atoms with Gasteiger partial charge in [-0.25, -0.2) is 0 Å². The van der Waals surface area contributed by atoms with Gasteiger partial charge in [-0.3, -0.25) is 0 Å². The topological polar surface area (TPSA) is 44.1 Å². The van der Waals surface area contributed by atoms with Gasteiger partial charge < -0.3 is 10.5 Å². The molecule has 15 heavy (non-hydrogen) atoms. The zero-order chi connectivity index (χ0) is 12.3. The summed E-state index contributed by atoms with van der Waals surface area (Å²) in [6, 6.07) is 3.27. The van der Waals surface area contributed by atoms with Crippen molar-refractivity contribution in [2.24, 2.45) is 0 Å². The van der Waals surface area contributed by atoms with Crippen LogP contribution >= 0.6 is 0 Å². The van der Waals surface area contributed by atoms with E-state index in [1.165, 1.54) is 0 Å². The van der Waals surface area contributed by atoms with Crippen molar-refractivity contribution in [2.75, 3.05) is 0 Å². The summed E-state index contributed by atoms with van der Waals surface area (Å²) in [5, 5.41) is 19.3. The molecule has 2 N–H and O–H groups in total. The Morgan fingerprint density at radius 2 is 1.40 bits per heavy atom. The molecule has 0 bridgehead atoms. The van der Waals surface area contributed by atoms with Crippen molar-refractivity contribution in [3.05, 3.63) is 0 Å². The van der Waals surface area contributed by atoms with E-state index in [4.69, 9.17) is 5.41 Å². The van der Waals surface area contributed by atoms with Gasteiger partial charge in [0.15, 0.2) is 0 Å². The molecule has 90 valence electrons. The SMILES string of the molecule is CC[Si](CC)(CC)C(O)C(=N)[Si](C)(C)C. The lowest BCUT2D eigenvalue weighted by molar-refractivity contribution is 0.305. The lowest BCUT2D eigenvalue weighted by Gasteiger charge is -2.37. The second kappa shape index (κ2) is 5.41. The van der Waals surface area contributed by atoms with E-state index in [2.05, 4.69) is 40.4 Å². The molecule has 1 atom stereocenters. The molecule has 0 aliphatic rings. The summed E-state index contributed by atoms with van der Waals surface area (Å²) in [4.78, 5) is 0. The molecular weight excluding hydrogens is 218 g/mol. The summed E-state index contributed by atoms with van der Waals surface area (Å²) in [7, 11) is -3.24. The van der Waals surface area contributed by atoms with Gasteiger partial charge in [0.05, 0.1) is 21.9 Å². The maximum absolute atomic E-state index is 10.4. The van der Waals surface area contributed by atoms with Gasteiger partial charge in [0.1, 0.15) is 0 Å². The summed E-state index contributed by atoms with van der Waals surface area (Å²) in [6.45, 7) is 13.0. The molecule has 0 aromatic heterocycles. The van der Waals surface area contributed by atoms with Crippen LogP contribution in [0.4, 0.5) is 0 Å². The zero-order valence-electron chi connectivity index (χ0n) is 11.1. The number of hydrogen-bond acceptors (Lipinski definition) is 2. The lowest BCUT2D eigenvalue weighted by Crippen LogP contribution is -2.56. The molecule has 4 heteroatoms. The minimum Gasteiger partial charge on any atom is -0.391 e. The second-order valence-corrected chi connectivity index (χ2v) is 15.9. The van der Waals surface area contributed by atoms with Gasteiger partial charge in [-0.15, -0.1) is 0 Å². The Morgan fingerprint density at radius 1 is 1.07 bits per heavy atom. The normalized spacial score (nSPS) is 15.1. The van der Waals surface area contributed by atoms with Crippen LogP contribution in [-0.4, -0.2) is 32.3 Å². The molecule has 0 rings (SSSR count). The first-order valence-electron chi connectivity index (χ1n) is 6.02. The number of hydrogen-bond donors (Lipinski definition) is 2. The van der Waals surface area contributed by atoms with E-state index in [1.807, 2.05) is 0 Å². The first-order chi connectivity index (χ1) is 6.75. The molecule has 0 aliphatic carbocycles. The Hall–Kier alpha value is 0.0638. The van der Waals surface area contributed by atoms with Gasteiger partial charge in [0.25, 0.3) is 0 Å². The van der Waals surface area contributed by atoms with Gasteiger partial charge in [-0.2, -0.15) is 0 Å². The summed E-state index contributed by atoms with van der Waals surface area (Å²) < 4.78 is 0. The number of aliphatic hydroxyl groups is 1. The van der Waals surface area contributed by atoms with E-state index in [0.717, 1.165) is 18.1 Å². The Bertz CT molecular complexity index is 211. The highest BCUT2D eigenvalue weighted by Gasteiger charge is 2.41.